The minimum atomic E-state index is -4.91. The third-order valence-corrected chi connectivity index (χ3v) is 23.3. The summed E-state index contributed by atoms with van der Waals surface area (Å²) in [5.74, 6) is -17.0. The van der Waals surface area contributed by atoms with Crippen molar-refractivity contribution in [1.29, 1.82) is 0 Å². The Morgan fingerprint density at radius 1 is 0.392 bits per heavy atom. The first-order valence-corrected chi connectivity index (χ1v) is 40.9. The second-order valence-corrected chi connectivity index (χ2v) is 33.6. The summed E-state index contributed by atoms with van der Waals surface area (Å²) in [6.07, 6.45) is -24.1. The Hall–Kier alpha value is -7.96. The Balaban J connectivity index is 0.000000144. The maximum Gasteiger partial charge on any atom is 0.530 e. The van der Waals surface area contributed by atoms with Crippen molar-refractivity contribution in [2.24, 2.45) is 0 Å². The summed E-state index contributed by atoms with van der Waals surface area (Å²) in [4.78, 5) is 57.0. The number of rotatable bonds is 16. The summed E-state index contributed by atoms with van der Waals surface area (Å²) >= 11 is 19.1. The van der Waals surface area contributed by atoms with Gasteiger partial charge < -0.3 is 77.9 Å². The Kier molecular flexibility index (Phi) is 23.8. The van der Waals surface area contributed by atoms with Crippen LogP contribution in [0.1, 0.15) is 55.3 Å². The number of ether oxygens (including phenoxy) is 4. The number of nitrogens with zero attached hydrogens (tertiary/aromatic N) is 4. The zero-order valence-electron chi connectivity index (χ0n) is 65.2. The lowest BCUT2D eigenvalue weighted by molar-refractivity contribution is -0.205. The molecule has 0 saturated carbocycles. The Morgan fingerprint density at radius 3 is 0.958 bits per heavy atom. The number of aromatic amines is 4. The molecule has 0 amide bonds. The fraction of sp³-hybridized carbons (Fsp3) is 0.375. The average molecular weight is 1860 g/mol. The summed E-state index contributed by atoms with van der Waals surface area (Å²) in [5.41, 5.74) is -3.12. The number of alkyl halides is 4. The number of halogens is 8. The molecule has 0 bridgehead atoms. The van der Waals surface area contributed by atoms with Crippen molar-refractivity contribution in [3.63, 3.8) is 0 Å². The zero-order valence-corrected chi connectivity index (χ0v) is 66.0. The summed E-state index contributed by atoms with van der Waals surface area (Å²) in [6.45, 7) is -11.8. The zero-order chi connectivity index (χ0) is 92.2. The van der Waals surface area contributed by atoms with Crippen LogP contribution in [-0.2, 0) is 99.8 Å². The van der Waals surface area contributed by atoms with Gasteiger partial charge in [0.05, 0.1) is 34.7 Å². The van der Waals surface area contributed by atoms with Gasteiger partial charge in [-0.25, -0.2) is 72.6 Å². The molecule has 0 aliphatic carbocycles. The van der Waals surface area contributed by atoms with Gasteiger partial charge >= 0.3 is 54.0 Å². The number of benzene rings is 4. The van der Waals surface area contributed by atoms with Crippen molar-refractivity contribution in [1.82, 2.24) is 38.2 Å². The number of hydrogen-bond acceptors (Lipinski definition) is 36. The quantitative estimate of drug-likeness (QED) is 0.0269. The van der Waals surface area contributed by atoms with E-state index in [9.17, 15) is 95.9 Å². The van der Waals surface area contributed by atoms with Crippen LogP contribution in [0.4, 0.5) is 35.1 Å². The molecule has 56 heteroatoms. The van der Waals surface area contributed by atoms with Crippen LogP contribution in [0.2, 0.25) is 0 Å². The van der Waals surface area contributed by atoms with Crippen LogP contribution >= 0.6 is 80.2 Å². The highest BCUT2D eigenvalue weighted by Gasteiger charge is 2.62. The smallest absolute Gasteiger partial charge is 0.404 e. The molecule has 8 aliphatic rings. The average Bonchev–Trinajstić information content (AvgIpc) is 1.24. The normalized spacial score (nSPS) is 35.3. The van der Waals surface area contributed by atoms with Crippen molar-refractivity contribution in [3.05, 3.63) is 228 Å². The molecule has 20 atom stereocenters. The molecule has 4 aromatic carbocycles. The van der Waals surface area contributed by atoms with E-state index in [0.29, 0.717) is 13.7 Å². The minimum absolute atomic E-state index is 0.0117. The Bertz CT molecular complexity index is 6330. The molecule has 40 nitrogen and oxygen atoms in total. The predicted molar refractivity (Wildman–Crippen MR) is 389 cm³/mol. The molecule has 12 heterocycles. The van der Waals surface area contributed by atoms with Gasteiger partial charge in [-0.2, -0.15) is 0 Å². The summed E-state index contributed by atoms with van der Waals surface area (Å²) < 4.78 is 295. The number of aliphatic hydroxyl groups excluding tert-OH is 8. The predicted octanol–water partition coefficient (Wildman–Crippen LogP) is 6.78. The third-order valence-electron chi connectivity index (χ3n) is 17.4. The van der Waals surface area contributed by atoms with Crippen molar-refractivity contribution < 1.29 is 176 Å². The highest BCUT2D eigenvalue weighted by molar-refractivity contribution is 7.72. The molecule has 4 saturated heterocycles. The van der Waals surface area contributed by atoms with Crippen molar-refractivity contribution in [2.45, 2.75) is 124 Å². The van der Waals surface area contributed by atoms with E-state index in [1.165, 1.54) is 30.3 Å². The molecule has 12 N–H and O–H groups in total. The van der Waals surface area contributed by atoms with Crippen molar-refractivity contribution >= 4 is 80.2 Å². The lowest BCUT2D eigenvalue weighted by atomic mass is 10.1. The van der Waals surface area contributed by atoms with Crippen LogP contribution in [0.3, 0.4) is 0 Å². The molecule has 0 radical (unpaired) electrons. The van der Waals surface area contributed by atoms with E-state index >= 15 is 17.6 Å². The van der Waals surface area contributed by atoms with Gasteiger partial charge in [0.1, 0.15) is 140 Å². The Labute approximate surface area is 691 Å². The van der Waals surface area contributed by atoms with Gasteiger partial charge in [0, 0.05) is 47.0 Å². The molecule has 8 aliphatic heterocycles. The van der Waals surface area contributed by atoms with Gasteiger partial charge in [0.15, 0.2) is 24.9 Å². The van der Waals surface area contributed by atoms with E-state index < -0.39 is 214 Å². The number of hydrogen-bond donors (Lipinski definition) is 12. The van der Waals surface area contributed by atoms with Crippen LogP contribution in [-0.4, -0.2) is 178 Å². The standard InChI is InChI=1S/4C16H15F2N2O8PS/c4*17-9-1-2-10-8(5-9)6-25-29(24,28-10)26-7-16(18)13(22)12(21)14(27-16)20-4-3-11(30)19-15(20)23/h4*1-5,12-14,21-22H,6-7H2,(H,19,23,30)/t4*12-,13+,14-,16-,29?/m1111/s1/i7D2,14D;14D;7D2;. The number of phosphoric acid groups is 4. The SMILES string of the molecule is O=c1[nH]c(=S)ccn1[C@@H]1O[C@](F)(COP2(=O)OCc3cc(F)ccc3O2)[C@@H](O)[C@H]1O.[2H]C([2H])(OP1(=O)OCc2cc(F)ccc2O1)[C@@]1(F)O[C@@H](n2ccc(=S)[nH]c2=O)[C@H](O)[C@@H]1O.[2H]C([2H])(OP1(=O)OCc2cc(F)ccc2O1)[C@@]1(F)O[C@@]([2H])(n2ccc(=S)[nH]c2=O)[C@H](O)[C@@H]1O.[2H][C@@]1(n2ccc(=S)[nH]c2=O)O[C@](F)(COP2(=O)OCc3cc(F)ccc3O2)[C@@H](O)[C@H]1O. The summed E-state index contributed by atoms with van der Waals surface area (Å²) in [5, 5.41) is 81.6. The molecule has 0 spiro atoms. The topological polar surface area (TPSA) is 529 Å². The van der Waals surface area contributed by atoms with Crippen LogP contribution in [0.25, 0.3) is 0 Å². The van der Waals surface area contributed by atoms with E-state index in [-0.39, 0.29) is 77.0 Å². The lowest BCUT2D eigenvalue weighted by Crippen LogP contribution is -2.43. The largest absolute Gasteiger partial charge is 0.530 e. The third kappa shape index (κ3) is 19.3. The van der Waals surface area contributed by atoms with Crippen molar-refractivity contribution in [3.8, 4) is 23.0 Å². The number of aliphatic hydroxyl groups is 8. The van der Waals surface area contributed by atoms with E-state index in [2.05, 4.69) is 29.0 Å². The molecule has 120 heavy (non-hydrogen) atoms. The molecule has 4 unspecified atom stereocenters. The fourth-order valence-electron chi connectivity index (χ4n) is 11.3. The maximum atomic E-state index is 15.7. The lowest BCUT2D eigenvalue weighted by Gasteiger charge is -2.28. The molecule has 8 aromatic rings. The first-order valence-electron chi connectivity index (χ1n) is 36.5. The maximum absolute atomic E-state index is 15.7. The minimum Gasteiger partial charge on any atom is -0.404 e. The monoisotopic (exact) mass is 1860 g/mol. The summed E-state index contributed by atoms with van der Waals surface area (Å²) in [6, 6.07) is 17.6. The number of H-pyrrole nitrogens is 4. The number of fused-ring (bicyclic) bond motifs is 4. The Morgan fingerprint density at radius 2 is 0.642 bits per heavy atom. The van der Waals surface area contributed by atoms with E-state index in [1.54, 1.807) is 0 Å². The van der Waals surface area contributed by atoms with Crippen LogP contribution in [0.5, 0.6) is 23.0 Å². The summed E-state index contributed by atoms with van der Waals surface area (Å²) in [7, 11) is -18.5. The second-order valence-electron chi connectivity index (χ2n) is 25.6. The fourth-order valence-corrected chi connectivity index (χ4v) is 16.6. The number of nitrogens with one attached hydrogen (secondary N) is 4. The molecule has 16 rings (SSSR count). The first-order chi connectivity index (χ1) is 58.6. The van der Waals surface area contributed by atoms with E-state index in [0.717, 1.165) is 96.1 Å². The highest BCUT2D eigenvalue weighted by Crippen LogP contribution is 2.60. The number of phosphoric ester groups is 4. The van der Waals surface area contributed by atoms with E-state index in [1.807, 2.05) is 0 Å². The highest BCUT2D eigenvalue weighted by atomic mass is 32.1. The van der Waals surface area contributed by atoms with E-state index in [4.69, 9.17) is 121 Å². The van der Waals surface area contributed by atoms with Gasteiger partial charge in [-0.3, -0.25) is 74.4 Å². The van der Waals surface area contributed by atoms with Crippen LogP contribution in [0, 0.1) is 41.8 Å². The van der Waals surface area contributed by atoms with Crippen molar-refractivity contribution in [2.75, 3.05) is 26.3 Å². The molecule has 4 aromatic heterocycles. The van der Waals surface area contributed by atoms with Crippen LogP contribution < -0.4 is 40.9 Å². The molecular formula is C64H60F8N8O32P4S4. The molecule has 4 fully saturated rings. The molecule has 648 valence electrons. The second kappa shape index (κ2) is 35.0. The van der Waals surface area contributed by atoms with Crippen LogP contribution in [0.15, 0.2) is 141 Å². The molecular weight excluding hydrogens is 1800 g/mol. The van der Waals surface area contributed by atoms with Gasteiger partial charge in [0.25, 0.3) is 23.4 Å². The van der Waals surface area contributed by atoms with Gasteiger partial charge in [0.2, 0.25) is 0 Å². The first kappa shape index (κ1) is 81.7. The number of aromatic nitrogens is 8. The van der Waals surface area contributed by atoms with Gasteiger partial charge in [-0.15, -0.1) is 0 Å². The van der Waals surface area contributed by atoms with Gasteiger partial charge in [-0.05, 0) is 97.1 Å². The van der Waals surface area contributed by atoms with Gasteiger partial charge in [-0.1, -0.05) is 48.9 Å².